The summed E-state index contributed by atoms with van der Waals surface area (Å²) in [6.45, 7) is 3.46. The summed E-state index contributed by atoms with van der Waals surface area (Å²) in [6, 6.07) is 14.8. The average molecular weight is 467 g/mol. The third-order valence-electron chi connectivity index (χ3n) is 5.75. The number of anilines is 2. The number of nitrogens with zero attached hydrogens (tertiary/aromatic N) is 4. The highest BCUT2D eigenvalue weighted by Gasteiger charge is 2.52. The van der Waals surface area contributed by atoms with Gasteiger partial charge in [0.2, 0.25) is 0 Å². The quantitative estimate of drug-likeness (QED) is 0.546. The molecule has 0 saturated carbocycles. The van der Waals surface area contributed by atoms with Gasteiger partial charge in [0.05, 0.1) is 28.4 Å². The Morgan fingerprint density at radius 2 is 1.82 bits per heavy atom. The first-order chi connectivity index (χ1) is 16.0. The lowest BCUT2D eigenvalue weighted by Crippen LogP contribution is -2.46. The van der Waals surface area contributed by atoms with E-state index in [1.165, 1.54) is 30.9 Å². The largest absolute Gasteiger partial charge is 0.417 e. The van der Waals surface area contributed by atoms with Crippen LogP contribution in [0.3, 0.4) is 0 Å². The maximum Gasteiger partial charge on any atom is 0.417 e. The van der Waals surface area contributed by atoms with Crippen LogP contribution in [0.25, 0.3) is 10.9 Å². The van der Waals surface area contributed by atoms with Crippen molar-refractivity contribution in [2.75, 3.05) is 23.3 Å². The number of amides is 3. The van der Waals surface area contributed by atoms with E-state index in [1.807, 2.05) is 30.3 Å². The van der Waals surface area contributed by atoms with Crippen molar-refractivity contribution >= 4 is 34.3 Å². The van der Waals surface area contributed by atoms with Gasteiger partial charge in [-0.25, -0.2) is 14.7 Å². The summed E-state index contributed by atoms with van der Waals surface area (Å²) in [5, 5.41) is 13.1. The first-order valence-electron chi connectivity index (χ1n) is 10.4. The van der Waals surface area contributed by atoms with Gasteiger partial charge in [0.15, 0.2) is 0 Å². The van der Waals surface area contributed by atoms with E-state index < -0.39 is 34.8 Å². The fourth-order valence-electron chi connectivity index (χ4n) is 3.90. The number of para-hydroxylation sites is 1. The highest BCUT2D eigenvalue weighted by atomic mass is 19.4. The molecule has 0 radical (unpaired) electrons. The number of halogens is 3. The monoisotopic (exact) mass is 467 g/mol. The Kier molecular flexibility index (Phi) is 5.65. The number of hydrogen-bond acceptors (Lipinski definition) is 5. The van der Waals surface area contributed by atoms with E-state index in [0.29, 0.717) is 11.9 Å². The van der Waals surface area contributed by atoms with Crippen molar-refractivity contribution in [2.24, 2.45) is 0 Å². The molecule has 0 aliphatic carbocycles. The summed E-state index contributed by atoms with van der Waals surface area (Å²) in [4.78, 5) is 32.7. The number of aromatic nitrogens is 1. The number of hydrogen-bond donors (Lipinski definition) is 1. The molecule has 0 atom stereocenters. The number of pyridine rings is 1. The second-order valence-electron chi connectivity index (χ2n) is 8.29. The molecular formula is C24H20F3N5O2. The minimum absolute atomic E-state index is 0.116. The van der Waals surface area contributed by atoms with E-state index in [4.69, 9.17) is 5.26 Å². The maximum absolute atomic E-state index is 13.4. The zero-order valence-electron chi connectivity index (χ0n) is 18.3. The second kappa shape index (κ2) is 8.33. The zero-order chi connectivity index (χ0) is 24.7. The van der Waals surface area contributed by atoms with Gasteiger partial charge >= 0.3 is 12.2 Å². The van der Waals surface area contributed by atoms with Crippen LogP contribution in [-0.2, 0) is 11.0 Å². The molecule has 1 aliphatic rings. The minimum Gasteiger partial charge on any atom is -0.368 e. The standard InChI is InChI=1S/C24H20F3N5O2/c1-23(2)21(33)32(17-9-7-16(14-28)18(13-17)24(25,26)27)22(34)31(23)12-11-29-20-10-8-15-5-3-4-6-19(15)30-20/h3-10,13H,11-12H2,1-2H3,(H,29,30). The molecule has 2 heterocycles. The Morgan fingerprint density at radius 3 is 2.53 bits per heavy atom. The molecule has 7 nitrogen and oxygen atoms in total. The molecule has 3 amide bonds. The molecule has 2 aromatic carbocycles. The van der Waals surface area contributed by atoms with Gasteiger partial charge in [-0.2, -0.15) is 18.4 Å². The SMILES string of the molecule is CC1(C)C(=O)N(c2ccc(C#N)c(C(F)(F)F)c2)C(=O)N1CCNc1ccc2ccccc2n1. The van der Waals surface area contributed by atoms with Gasteiger partial charge in [-0.15, -0.1) is 0 Å². The van der Waals surface area contributed by atoms with Crippen LogP contribution in [0.4, 0.5) is 29.5 Å². The summed E-state index contributed by atoms with van der Waals surface area (Å²) in [5.74, 6) is -0.0626. The van der Waals surface area contributed by atoms with Crippen LogP contribution in [-0.4, -0.2) is 40.5 Å². The number of alkyl halides is 3. The number of benzene rings is 2. The van der Waals surface area contributed by atoms with Crippen molar-refractivity contribution in [3.8, 4) is 6.07 Å². The predicted molar refractivity (Wildman–Crippen MR) is 120 cm³/mol. The van der Waals surface area contributed by atoms with E-state index in [1.54, 1.807) is 6.07 Å². The number of urea groups is 1. The van der Waals surface area contributed by atoms with E-state index in [2.05, 4.69) is 10.3 Å². The first kappa shape index (κ1) is 23.0. The predicted octanol–water partition coefficient (Wildman–Crippen LogP) is 4.78. The first-order valence-corrected chi connectivity index (χ1v) is 10.4. The van der Waals surface area contributed by atoms with Gasteiger partial charge in [-0.1, -0.05) is 18.2 Å². The van der Waals surface area contributed by atoms with Crippen LogP contribution in [0.5, 0.6) is 0 Å². The third-order valence-corrected chi connectivity index (χ3v) is 5.75. The molecule has 1 saturated heterocycles. The molecule has 0 unspecified atom stereocenters. The molecule has 34 heavy (non-hydrogen) atoms. The highest BCUT2D eigenvalue weighted by Crippen LogP contribution is 2.37. The number of rotatable bonds is 5. The molecule has 1 aliphatic heterocycles. The van der Waals surface area contributed by atoms with Crippen molar-refractivity contribution < 1.29 is 22.8 Å². The Balaban J connectivity index is 1.54. The van der Waals surface area contributed by atoms with Gasteiger partial charge in [-0.05, 0) is 50.2 Å². The van der Waals surface area contributed by atoms with Crippen molar-refractivity contribution in [2.45, 2.75) is 25.6 Å². The van der Waals surface area contributed by atoms with Gasteiger partial charge in [0, 0.05) is 18.5 Å². The number of fused-ring (bicyclic) bond motifs is 1. The van der Waals surface area contributed by atoms with Crippen LogP contribution in [0.2, 0.25) is 0 Å². The summed E-state index contributed by atoms with van der Waals surface area (Å²) < 4.78 is 40.2. The highest BCUT2D eigenvalue weighted by molar-refractivity contribution is 6.23. The van der Waals surface area contributed by atoms with Crippen molar-refractivity contribution in [1.29, 1.82) is 5.26 Å². The van der Waals surface area contributed by atoms with Crippen LogP contribution in [0, 0.1) is 11.3 Å². The number of imide groups is 1. The lowest BCUT2D eigenvalue weighted by Gasteiger charge is -2.27. The lowest BCUT2D eigenvalue weighted by molar-refractivity contribution is -0.137. The normalized spacial score (nSPS) is 15.6. The second-order valence-corrected chi connectivity index (χ2v) is 8.29. The molecule has 1 N–H and O–H groups in total. The van der Waals surface area contributed by atoms with Crippen LogP contribution < -0.4 is 10.2 Å². The smallest absolute Gasteiger partial charge is 0.368 e. The van der Waals surface area contributed by atoms with Crippen molar-refractivity contribution in [1.82, 2.24) is 9.88 Å². The number of carbonyl (C=O) groups is 2. The summed E-state index contributed by atoms with van der Waals surface area (Å²) in [7, 11) is 0. The fourth-order valence-corrected chi connectivity index (χ4v) is 3.90. The Bertz CT molecular complexity index is 1330. The molecule has 1 aromatic heterocycles. The molecule has 10 heteroatoms. The topological polar surface area (TPSA) is 89.3 Å². The number of nitrogens with one attached hydrogen (secondary N) is 1. The number of nitriles is 1. The molecule has 0 bridgehead atoms. The average Bonchev–Trinajstić information content (AvgIpc) is 2.97. The lowest BCUT2D eigenvalue weighted by atomic mass is 10.0. The summed E-state index contributed by atoms with van der Waals surface area (Å²) in [6.07, 6.45) is -4.81. The molecule has 3 aromatic rings. The van der Waals surface area contributed by atoms with E-state index in [9.17, 15) is 22.8 Å². The van der Waals surface area contributed by atoms with E-state index >= 15 is 0 Å². The van der Waals surface area contributed by atoms with Gasteiger partial charge in [-0.3, -0.25) is 4.79 Å². The fraction of sp³-hybridized carbons (Fsp3) is 0.250. The van der Waals surface area contributed by atoms with E-state index in [-0.39, 0.29) is 18.8 Å². The Hall–Kier alpha value is -4.13. The van der Waals surface area contributed by atoms with Crippen LogP contribution in [0.1, 0.15) is 25.0 Å². The summed E-state index contributed by atoms with van der Waals surface area (Å²) in [5.41, 5.74) is -2.50. The van der Waals surface area contributed by atoms with E-state index in [0.717, 1.165) is 21.9 Å². The van der Waals surface area contributed by atoms with Crippen LogP contribution in [0.15, 0.2) is 54.6 Å². The molecular weight excluding hydrogens is 447 g/mol. The van der Waals surface area contributed by atoms with Gasteiger partial charge < -0.3 is 10.2 Å². The molecule has 0 spiro atoms. The maximum atomic E-state index is 13.4. The van der Waals surface area contributed by atoms with Crippen LogP contribution >= 0.6 is 0 Å². The van der Waals surface area contributed by atoms with Gasteiger partial charge in [0.1, 0.15) is 11.4 Å². The van der Waals surface area contributed by atoms with Crippen molar-refractivity contribution in [3.05, 3.63) is 65.7 Å². The molecule has 174 valence electrons. The zero-order valence-corrected chi connectivity index (χ0v) is 18.3. The van der Waals surface area contributed by atoms with Crippen molar-refractivity contribution in [3.63, 3.8) is 0 Å². The summed E-state index contributed by atoms with van der Waals surface area (Å²) >= 11 is 0. The number of carbonyl (C=O) groups excluding carboxylic acids is 2. The Labute approximate surface area is 193 Å². The molecule has 1 fully saturated rings. The minimum atomic E-state index is -4.81. The third kappa shape index (κ3) is 4.01. The molecule has 4 rings (SSSR count). The Morgan fingerprint density at radius 1 is 1.09 bits per heavy atom. The van der Waals surface area contributed by atoms with Gasteiger partial charge in [0.25, 0.3) is 5.91 Å².